The number of hydrogen-bond acceptors (Lipinski definition) is 6. The number of hydrogen-bond donors (Lipinski definition) is 0. The van der Waals surface area contributed by atoms with E-state index in [1.165, 1.54) is 37.7 Å². The van der Waals surface area contributed by atoms with Gasteiger partial charge in [-0.1, -0.05) is 11.6 Å². The topological polar surface area (TPSA) is 65.5 Å². The number of nitrogens with zero attached hydrogens (tertiary/aromatic N) is 1. The zero-order chi connectivity index (χ0) is 20.4. The molecule has 0 bridgehead atoms. The molecule has 3 rings (SSSR count). The molecule has 1 heterocycles. The number of benzene rings is 2. The highest BCUT2D eigenvalue weighted by atomic mass is 35.5. The maximum absolute atomic E-state index is 13.5. The molecular formula is C20H15ClFNO4S. The summed E-state index contributed by atoms with van der Waals surface area (Å²) < 4.78 is 23.4. The van der Waals surface area contributed by atoms with Crippen molar-refractivity contribution in [2.75, 3.05) is 14.2 Å². The summed E-state index contributed by atoms with van der Waals surface area (Å²) >= 11 is 7.51. The van der Waals surface area contributed by atoms with Crippen molar-refractivity contribution in [2.24, 2.45) is 0 Å². The molecule has 0 radical (unpaired) electrons. The van der Waals surface area contributed by atoms with E-state index < -0.39 is 17.8 Å². The van der Waals surface area contributed by atoms with Gasteiger partial charge in [0, 0.05) is 22.7 Å². The fourth-order valence-corrected chi connectivity index (χ4v) is 3.94. The third-order valence-electron chi connectivity index (χ3n) is 4.17. The van der Waals surface area contributed by atoms with E-state index in [1.54, 1.807) is 24.6 Å². The van der Waals surface area contributed by atoms with Crippen molar-refractivity contribution in [2.45, 2.75) is 6.92 Å². The minimum Gasteiger partial charge on any atom is -0.465 e. The summed E-state index contributed by atoms with van der Waals surface area (Å²) in [6.45, 7) is 1.71. The quantitative estimate of drug-likeness (QED) is 0.547. The van der Waals surface area contributed by atoms with E-state index >= 15 is 0 Å². The van der Waals surface area contributed by atoms with Crippen LogP contribution in [0.2, 0.25) is 5.02 Å². The lowest BCUT2D eigenvalue weighted by Crippen LogP contribution is -2.14. The summed E-state index contributed by atoms with van der Waals surface area (Å²) in [6.07, 6.45) is 1.56. The van der Waals surface area contributed by atoms with Crippen LogP contribution in [0.3, 0.4) is 0 Å². The molecule has 0 spiro atoms. The second-order valence-electron chi connectivity index (χ2n) is 5.81. The van der Waals surface area contributed by atoms with Crippen LogP contribution in [0.25, 0.3) is 21.7 Å². The Labute approximate surface area is 169 Å². The molecule has 3 aromatic rings. The Morgan fingerprint density at radius 2 is 1.75 bits per heavy atom. The molecule has 0 aliphatic rings. The molecule has 1 aromatic heterocycles. The van der Waals surface area contributed by atoms with Crippen LogP contribution >= 0.6 is 22.9 Å². The number of thiazole rings is 1. The van der Waals surface area contributed by atoms with E-state index in [2.05, 4.69) is 4.98 Å². The van der Waals surface area contributed by atoms with Crippen molar-refractivity contribution in [1.29, 1.82) is 0 Å². The van der Waals surface area contributed by atoms with Gasteiger partial charge in [-0.25, -0.2) is 19.0 Å². The number of methoxy groups -OCH3 is 2. The Kier molecular flexibility index (Phi) is 5.76. The fourth-order valence-electron chi connectivity index (χ4n) is 2.98. The van der Waals surface area contributed by atoms with E-state index in [4.69, 9.17) is 21.1 Å². The number of aryl methyl sites for hydroxylation is 1. The molecule has 0 unspecified atom stereocenters. The number of aromatic nitrogens is 1. The van der Waals surface area contributed by atoms with Gasteiger partial charge in [-0.2, -0.15) is 0 Å². The molecule has 0 N–H and O–H groups in total. The molecule has 0 amide bonds. The third kappa shape index (κ3) is 3.50. The first-order valence-corrected chi connectivity index (χ1v) is 9.34. The first-order chi connectivity index (χ1) is 13.4. The molecule has 144 valence electrons. The Hall–Kier alpha value is -2.77. The van der Waals surface area contributed by atoms with Crippen LogP contribution in [0.4, 0.5) is 4.39 Å². The molecule has 0 aliphatic carbocycles. The van der Waals surface area contributed by atoms with Gasteiger partial charge in [-0.15, -0.1) is 11.3 Å². The van der Waals surface area contributed by atoms with Gasteiger partial charge in [-0.3, -0.25) is 0 Å². The molecule has 0 saturated carbocycles. The minimum absolute atomic E-state index is 0.108. The second kappa shape index (κ2) is 8.08. The summed E-state index contributed by atoms with van der Waals surface area (Å²) in [5, 5.41) is 2.30. The van der Waals surface area contributed by atoms with Crippen LogP contribution in [0, 0.1) is 12.7 Å². The lowest BCUT2D eigenvalue weighted by molar-refractivity contribution is 0.0600. The van der Waals surface area contributed by atoms with E-state index in [0.29, 0.717) is 27.3 Å². The van der Waals surface area contributed by atoms with E-state index in [1.807, 2.05) is 0 Å². The van der Waals surface area contributed by atoms with Crippen molar-refractivity contribution in [3.05, 3.63) is 63.4 Å². The van der Waals surface area contributed by atoms with Gasteiger partial charge >= 0.3 is 11.9 Å². The first kappa shape index (κ1) is 20.0. The predicted octanol–water partition coefficient (Wildman–Crippen LogP) is 5.15. The molecule has 0 atom stereocenters. The molecule has 5 nitrogen and oxygen atoms in total. The second-order valence-corrected chi connectivity index (χ2v) is 7.11. The molecule has 8 heteroatoms. The van der Waals surface area contributed by atoms with Gasteiger partial charge in [0.1, 0.15) is 10.8 Å². The van der Waals surface area contributed by atoms with Gasteiger partial charge in [0.25, 0.3) is 0 Å². The summed E-state index contributed by atoms with van der Waals surface area (Å²) in [7, 11) is 2.50. The highest BCUT2D eigenvalue weighted by molar-refractivity contribution is 7.13. The van der Waals surface area contributed by atoms with Crippen LogP contribution in [0.15, 0.2) is 35.8 Å². The Balaban J connectivity index is 2.48. The molecule has 0 saturated heterocycles. The molecule has 2 aromatic carbocycles. The van der Waals surface area contributed by atoms with Crippen molar-refractivity contribution in [3.63, 3.8) is 0 Å². The zero-order valence-corrected chi connectivity index (χ0v) is 16.8. The summed E-state index contributed by atoms with van der Waals surface area (Å²) in [5.74, 6) is -1.79. The number of rotatable bonds is 4. The van der Waals surface area contributed by atoms with Crippen molar-refractivity contribution >= 4 is 34.9 Å². The Morgan fingerprint density at radius 3 is 2.32 bits per heavy atom. The van der Waals surface area contributed by atoms with Crippen LogP contribution in [0.5, 0.6) is 0 Å². The fraction of sp³-hybridized carbons (Fsp3) is 0.150. The number of carbonyl (C=O) groups is 2. The molecular weight excluding hydrogens is 405 g/mol. The van der Waals surface area contributed by atoms with Gasteiger partial charge in [-0.05, 0) is 42.3 Å². The average molecular weight is 420 g/mol. The highest BCUT2D eigenvalue weighted by Gasteiger charge is 2.29. The lowest BCUT2D eigenvalue weighted by Gasteiger charge is -2.18. The lowest BCUT2D eigenvalue weighted by atomic mass is 9.88. The summed E-state index contributed by atoms with van der Waals surface area (Å²) in [5.41, 5.74) is 2.01. The number of carbonyl (C=O) groups excluding carboxylic acids is 2. The van der Waals surface area contributed by atoms with Gasteiger partial charge in [0.15, 0.2) is 0 Å². The third-order valence-corrected chi connectivity index (χ3v) is 5.27. The monoisotopic (exact) mass is 419 g/mol. The zero-order valence-electron chi connectivity index (χ0n) is 15.2. The smallest absolute Gasteiger partial charge is 0.339 e. The largest absolute Gasteiger partial charge is 0.465 e. The van der Waals surface area contributed by atoms with Gasteiger partial charge in [0.05, 0.1) is 30.4 Å². The van der Waals surface area contributed by atoms with Gasteiger partial charge in [0.2, 0.25) is 0 Å². The van der Waals surface area contributed by atoms with Crippen LogP contribution in [0.1, 0.15) is 26.3 Å². The van der Waals surface area contributed by atoms with Crippen molar-refractivity contribution < 1.29 is 23.5 Å². The Bertz CT molecular complexity index is 1070. The molecule has 0 fully saturated rings. The minimum atomic E-state index is -0.675. The van der Waals surface area contributed by atoms with Crippen LogP contribution in [-0.4, -0.2) is 31.1 Å². The normalized spacial score (nSPS) is 10.6. The molecule has 0 aliphatic heterocycles. The predicted molar refractivity (Wildman–Crippen MR) is 105 cm³/mol. The number of halogens is 2. The van der Waals surface area contributed by atoms with Crippen molar-refractivity contribution in [1.82, 2.24) is 4.98 Å². The maximum Gasteiger partial charge on any atom is 0.339 e. The van der Waals surface area contributed by atoms with E-state index in [-0.39, 0.29) is 16.1 Å². The van der Waals surface area contributed by atoms with Crippen molar-refractivity contribution in [3.8, 4) is 21.7 Å². The van der Waals surface area contributed by atoms with E-state index in [0.717, 1.165) is 6.07 Å². The summed E-state index contributed by atoms with van der Waals surface area (Å²) in [4.78, 5) is 29.5. The van der Waals surface area contributed by atoms with E-state index in [9.17, 15) is 14.0 Å². The number of ether oxygens (including phenoxy) is 2. The highest BCUT2D eigenvalue weighted by Crippen LogP contribution is 2.41. The van der Waals surface area contributed by atoms with Gasteiger partial charge < -0.3 is 9.47 Å². The maximum atomic E-state index is 13.5. The standard InChI is InChI=1S/C20H15ClFNO4S/c1-10-8-13(12-5-4-11(22)9-14(12)21)16(20(25)27-3)17(15(10)19(24)26-2)18-23-6-7-28-18/h4-9H,1-3H3. The first-order valence-electron chi connectivity index (χ1n) is 8.08. The summed E-state index contributed by atoms with van der Waals surface area (Å²) in [6, 6.07) is 5.51. The van der Waals surface area contributed by atoms with Crippen LogP contribution < -0.4 is 0 Å². The Morgan fingerprint density at radius 1 is 1.07 bits per heavy atom. The number of esters is 2. The SMILES string of the molecule is COC(=O)c1c(C)cc(-c2ccc(F)cc2Cl)c(C(=O)OC)c1-c1nccs1. The van der Waals surface area contributed by atoms with Crippen LogP contribution in [-0.2, 0) is 9.47 Å². The molecule has 28 heavy (non-hydrogen) atoms. The average Bonchev–Trinajstić information content (AvgIpc) is 3.20.